The molecule has 0 atom stereocenters. The van der Waals surface area contributed by atoms with E-state index in [1.807, 2.05) is 32.0 Å². The first-order valence-electron chi connectivity index (χ1n) is 10.1. The first-order valence-corrected chi connectivity index (χ1v) is 10.1. The zero-order valence-corrected chi connectivity index (χ0v) is 16.7. The lowest BCUT2D eigenvalue weighted by atomic mass is 9.82. The van der Waals surface area contributed by atoms with Crippen molar-refractivity contribution >= 4 is 5.91 Å². The van der Waals surface area contributed by atoms with Gasteiger partial charge in [-0.1, -0.05) is 25.1 Å². The van der Waals surface area contributed by atoms with Crippen LogP contribution in [0.15, 0.2) is 39.4 Å². The molecule has 3 aromatic heterocycles. The summed E-state index contributed by atoms with van der Waals surface area (Å²) in [5, 5.41) is 15.3. The van der Waals surface area contributed by atoms with Crippen LogP contribution in [0.3, 0.4) is 0 Å². The van der Waals surface area contributed by atoms with Crippen molar-refractivity contribution in [1.82, 2.24) is 25.7 Å². The number of carbonyl (C=O) groups is 1. The number of hydrogen-bond donors (Lipinski definition) is 1. The molecular weight excluding hydrogens is 370 g/mol. The molecule has 0 aliphatic heterocycles. The second kappa shape index (κ2) is 8.55. The fraction of sp³-hybridized carbons (Fsp3) is 0.476. The second-order valence-electron chi connectivity index (χ2n) is 7.86. The molecule has 0 aromatic carbocycles. The van der Waals surface area contributed by atoms with Crippen molar-refractivity contribution in [2.45, 2.75) is 51.4 Å². The van der Waals surface area contributed by atoms with E-state index >= 15 is 0 Å². The summed E-state index contributed by atoms with van der Waals surface area (Å²) in [5.74, 6) is 2.13. The van der Waals surface area contributed by atoms with Gasteiger partial charge in [0.15, 0.2) is 0 Å². The van der Waals surface area contributed by atoms with Crippen molar-refractivity contribution in [3.63, 3.8) is 0 Å². The van der Waals surface area contributed by atoms with Crippen LogP contribution in [0.5, 0.6) is 0 Å². The normalized spacial score (nSPS) is 19.4. The molecule has 0 saturated heterocycles. The van der Waals surface area contributed by atoms with E-state index in [0.29, 0.717) is 29.9 Å². The Balaban J connectivity index is 1.26. The van der Waals surface area contributed by atoms with Gasteiger partial charge in [0, 0.05) is 24.7 Å². The lowest BCUT2D eigenvalue weighted by Gasteiger charge is -2.26. The number of pyridine rings is 1. The molecule has 3 aromatic rings. The summed E-state index contributed by atoms with van der Waals surface area (Å²) < 4.78 is 11.0. The maximum atomic E-state index is 12.3. The van der Waals surface area contributed by atoms with Gasteiger partial charge in [-0.05, 0) is 49.7 Å². The number of carbonyl (C=O) groups excluding carboxylic acids is 1. The van der Waals surface area contributed by atoms with Crippen LogP contribution in [-0.2, 0) is 0 Å². The maximum Gasteiger partial charge on any atom is 0.289 e. The summed E-state index contributed by atoms with van der Waals surface area (Å²) >= 11 is 0. The van der Waals surface area contributed by atoms with Crippen molar-refractivity contribution in [1.29, 1.82) is 0 Å². The molecule has 1 amide bonds. The fourth-order valence-corrected chi connectivity index (χ4v) is 3.60. The van der Waals surface area contributed by atoms with Crippen LogP contribution in [0, 0.1) is 5.92 Å². The van der Waals surface area contributed by atoms with Crippen molar-refractivity contribution in [2.24, 2.45) is 5.92 Å². The summed E-state index contributed by atoms with van der Waals surface area (Å²) in [7, 11) is 0. The van der Waals surface area contributed by atoms with E-state index in [4.69, 9.17) is 8.94 Å². The predicted molar refractivity (Wildman–Crippen MR) is 105 cm³/mol. The summed E-state index contributed by atoms with van der Waals surface area (Å²) in [5.41, 5.74) is 1.48. The fourth-order valence-electron chi connectivity index (χ4n) is 3.60. The Kier molecular flexibility index (Phi) is 5.69. The second-order valence-corrected chi connectivity index (χ2v) is 7.86. The van der Waals surface area contributed by atoms with E-state index in [1.165, 1.54) is 0 Å². The molecule has 0 radical (unpaired) electrons. The molecule has 8 heteroatoms. The van der Waals surface area contributed by atoms with Gasteiger partial charge >= 0.3 is 0 Å². The summed E-state index contributed by atoms with van der Waals surface area (Å²) in [4.78, 5) is 16.5. The molecule has 0 spiro atoms. The minimum absolute atomic E-state index is 0.205. The quantitative estimate of drug-likeness (QED) is 0.673. The highest BCUT2D eigenvalue weighted by Crippen LogP contribution is 2.35. The number of rotatable bonds is 6. The Morgan fingerprint density at radius 3 is 2.72 bits per heavy atom. The molecule has 1 aliphatic rings. The highest BCUT2D eigenvalue weighted by Gasteiger charge is 2.27. The third-order valence-electron chi connectivity index (χ3n) is 5.42. The standard InChI is InChI=1S/C21H25N5O3/c1-13(2)17-11-18(29-26-17)19(27)23-12-14-6-8-15(9-7-14)20-24-25-21(28-20)16-5-3-4-10-22-16/h3-5,10-11,13-15H,6-9,12H2,1-2H3,(H,23,27). The van der Waals surface area contributed by atoms with E-state index < -0.39 is 0 Å². The number of nitrogens with zero attached hydrogens (tertiary/aromatic N) is 4. The molecule has 1 N–H and O–H groups in total. The van der Waals surface area contributed by atoms with Crippen LogP contribution in [0.25, 0.3) is 11.6 Å². The van der Waals surface area contributed by atoms with Gasteiger partial charge in [0.1, 0.15) is 5.69 Å². The highest BCUT2D eigenvalue weighted by atomic mass is 16.5. The van der Waals surface area contributed by atoms with Gasteiger partial charge in [-0.2, -0.15) is 0 Å². The van der Waals surface area contributed by atoms with E-state index in [2.05, 4.69) is 25.7 Å². The van der Waals surface area contributed by atoms with Gasteiger partial charge in [-0.25, -0.2) is 0 Å². The first kappa shape index (κ1) is 19.3. The van der Waals surface area contributed by atoms with Crippen LogP contribution in [-0.4, -0.2) is 32.8 Å². The average Bonchev–Trinajstić information content (AvgIpc) is 3.43. The zero-order chi connectivity index (χ0) is 20.2. The molecule has 0 unspecified atom stereocenters. The van der Waals surface area contributed by atoms with E-state index in [-0.39, 0.29) is 23.5 Å². The van der Waals surface area contributed by atoms with E-state index in [9.17, 15) is 4.79 Å². The minimum Gasteiger partial charge on any atom is -0.419 e. The van der Waals surface area contributed by atoms with Crippen LogP contribution in [0.4, 0.5) is 0 Å². The predicted octanol–water partition coefficient (Wildman–Crippen LogP) is 3.95. The molecule has 3 heterocycles. The molecule has 0 bridgehead atoms. The highest BCUT2D eigenvalue weighted by molar-refractivity contribution is 5.91. The number of nitrogens with one attached hydrogen (secondary N) is 1. The van der Waals surface area contributed by atoms with Gasteiger partial charge in [0.25, 0.3) is 11.8 Å². The van der Waals surface area contributed by atoms with Crippen LogP contribution in [0.1, 0.15) is 73.5 Å². The maximum absolute atomic E-state index is 12.3. The van der Waals surface area contributed by atoms with Crippen molar-refractivity contribution < 1.29 is 13.7 Å². The Labute approximate surface area is 169 Å². The van der Waals surface area contributed by atoms with Crippen molar-refractivity contribution in [3.05, 3.63) is 47.8 Å². The Bertz CT molecular complexity index is 942. The molecule has 1 fully saturated rings. The Morgan fingerprint density at radius 2 is 2.03 bits per heavy atom. The Hall–Kier alpha value is -3.03. The Morgan fingerprint density at radius 1 is 1.21 bits per heavy atom. The minimum atomic E-state index is -0.205. The smallest absolute Gasteiger partial charge is 0.289 e. The molecular formula is C21H25N5O3. The zero-order valence-electron chi connectivity index (χ0n) is 16.7. The van der Waals surface area contributed by atoms with E-state index in [0.717, 1.165) is 31.4 Å². The van der Waals surface area contributed by atoms with Gasteiger partial charge < -0.3 is 14.3 Å². The third kappa shape index (κ3) is 4.52. The monoisotopic (exact) mass is 395 g/mol. The summed E-state index contributed by atoms with van der Waals surface area (Å²) in [6.45, 7) is 4.66. The number of hydrogen-bond acceptors (Lipinski definition) is 7. The van der Waals surface area contributed by atoms with Crippen LogP contribution in [0.2, 0.25) is 0 Å². The van der Waals surface area contributed by atoms with E-state index in [1.54, 1.807) is 12.3 Å². The molecule has 4 rings (SSSR count). The summed E-state index contributed by atoms with van der Waals surface area (Å²) in [6.07, 6.45) is 5.63. The molecule has 29 heavy (non-hydrogen) atoms. The third-order valence-corrected chi connectivity index (χ3v) is 5.42. The van der Waals surface area contributed by atoms with Crippen LogP contribution >= 0.6 is 0 Å². The summed E-state index contributed by atoms with van der Waals surface area (Å²) in [6, 6.07) is 7.32. The number of aromatic nitrogens is 4. The average molecular weight is 395 g/mol. The molecule has 152 valence electrons. The topological polar surface area (TPSA) is 107 Å². The van der Waals surface area contributed by atoms with Gasteiger partial charge in [0.05, 0.1) is 5.69 Å². The van der Waals surface area contributed by atoms with Gasteiger partial charge in [0.2, 0.25) is 11.7 Å². The first-order chi connectivity index (χ1) is 14.1. The largest absolute Gasteiger partial charge is 0.419 e. The SMILES string of the molecule is CC(C)c1cc(C(=O)NCC2CCC(c3nnc(-c4ccccn4)o3)CC2)on1. The molecule has 1 saturated carbocycles. The van der Waals surface area contributed by atoms with Crippen LogP contribution < -0.4 is 5.32 Å². The lowest BCUT2D eigenvalue weighted by Crippen LogP contribution is -2.30. The lowest BCUT2D eigenvalue weighted by molar-refractivity contribution is 0.0905. The molecule has 8 nitrogen and oxygen atoms in total. The van der Waals surface area contributed by atoms with Crippen molar-refractivity contribution in [3.8, 4) is 11.6 Å². The van der Waals surface area contributed by atoms with Gasteiger partial charge in [-0.3, -0.25) is 9.78 Å². The van der Waals surface area contributed by atoms with Gasteiger partial charge in [-0.15, -0.1) is 10.2 Å². The van der Waals surface area contributed by atoms with Crippen molar-refractivity contribution in [2.75, 3.05) is 6.54 Å². The molecule has 1 aliphatic carbocycles. The number of amides is 1.